The van der Waals surface area contributed by atoms with Gasteiger partial charge in [-0.25, -0.2) is 4.79 Å². The summed E-state index contributed by atoms with van der Waals surface area (Å²) in [5, 5.41) is 8.47. The van der Waals surface area contributed by atoms with Gasteiger partial charge in [-0.05, 0) is 60.9 Å². The lowest BCUT2D eigenvalue weighted by molar-refractivity contribution is 0.102. The van der Waals surface area contributed by atoms with E-state index in [2.05, 4.69) is 22.9 Å². The number of hydrogen-bond donors (Lipinski definition) is 3. The average molecular weight is 373 g/mol. The number of urea groups is 1. The first-order valence-electron chi connectivity index (χ1n) is 9.19. The highest BCUT2D eigenvalue weighted by Crippen LogP contribution is 2.21. The smallest absolute Gasteiger partial charge is 0.322 e. The lowest BCUT2D eigenvalue weighted by Gasteiger charge is -2.12. The van der Waals surface area contributed by atoms with Crippen molar-refractivity contribution in [1.29, 1.82) is 0 Å². The molecule has 0 radical (unpaired) electrons. The summed E-state index contributed by atoms with van der Waals surface area (Å²) in [4.78, 5) is 24.7. The molecule has 0 aliphatic heterocycles. The van der Waals surface area contributed by atoms with Crippen LogP contribution >= 0.6 is 0 Å². The van der Waals surface area contributed by atoms with Gasteiger partial charge in [-0.1, -0.05) is 43.3 Å². The van der Waals surface area contributed by atoms with Gasteiger partial charge in [0.2, 0.25) is 0 Å². The highest BCUT2D eigenvalue weighted by atomic mass is 16.2. The molecule has 3 N–H and O–H groups in total. The van der Waals surface area contributed by atoms with Crippen molar-refractivity contribution in [3.63, 3.8) is 0 Å². The molecule has 0 saturated carbocycles. The van der Waals surface area contributed by atoms with E-state index in [1.807, 2.05) is 67.6 Å². The van der Waals surface area contributed by atoms with E-state index in [-0.39, 0.29) is 11.9 Å². The Labute approximate surface area is 164 Å². The molecule has 0 aromatic heterocycles. The lowest BCUT2D eigenvalue weighted by atomic mass is 10.1. The van der Waals surface area contributed by atoms with Crippen LogP contribution in [-0.4, -0.2) is 11.9 Å². The average Bonchev–Trinajstić information content (AvgIpc) is 2.71. The van der Waals surface area contributed by atoms with Crippen LogP contribution in [-0.2, 0) is 6.42 Å². The second-order valence-electron chi connectivity index (χ2n) is 6.48. The van der Waals surface area contributed by atoms with Gasteiger partial charge in [0.05, 0.1) is 0 Å². The van der Waals surface area contributed by atoms with Crippen LogP contribution in [0.1, 0.15) is 28.4 Å². The number of benzene rings is 3. The van der Waals surface area contributed by atoms with Crippen LogP contribution in [0, 0.1) is 6.92 Å². The molecule has 0 aliphatic rings. The molecule has 3 aromatic rings. The van der Waals surface area contributed by atoms with Crippen molar-refractivity contribution in [3.05, 3.63) is 89.5 Å². The molecule has 28 heavy (non-hydrogen) atoms. The molecule has 0 aliphatic carbocycles. The van der Waals surface area contributed by atoms with Crippen molar-refractivity contribution >= 4 is 29.0 Å². The quantitative estimate of drug-likeness (QED) is 0.556. The molecule has 0 bridgehead atoms. The van der Waals surface area contributed by atoms with Gasteiger partial charge in [0.25, 0.3) is 5.91 Å². The monoisotopic (exact) mass is 373 g/mol. The number of hydrogen-bond acceptors (Lipinski definition) is 2. The number of rotatable bonds is 5. The minimum absolute atomic E-state index is 0.184. The van der Waals surface area contributed by atoms with E-state index in [1.54, 1.807) is 12.1 Å². The van der Waals surface area contributed by atoms with Crippen LogP contribution in [0.5, 0.6) is 0 Å². The van der Waals surface area contributed by atoms with Gasteiger partial charge in [-0.3, -0.25) is 4.79 Å². The summed E-state index contributed by atoms with van der Waals surface area (Å²) in [6, 6.07) is 21.8. The van der Waals surface area contributed by atoms with Gasteiger partial charge in [-0.2, -0.15) is 0 Å². The third-order valence-electron chi connectivity index (χ3n) is 4.40. The Balaban J connectivity index is 1.68. The molecule has 0 saturated heterocycles. The fourth-order valence-corrected chi connectivity index (χ4v) is 2.74. The normalized spacial score (nSPS) is 10.2. The number of nitrogens with one attached hydrogen (secondary N) is 3. The summed E-state index contributed by atoms with van der Waals surface area (Å²) >= 11 is 0. The third-order valence-corrected chi connectivity index (χ3v) is 4.40. The molecular weight excluding hydrogens is 350 g/mol. The van der Waals surface area contributed by atoms with Crippen LogP contribution in [0.25, 0.3) is 0 Å². The van der Waals surface area contributed by atoms with E-state index >= 15 is 0 Å². The Morgan fingerprint density at radius 3 is 2.14 bits per heavy atom. The Morgan fingerprint density at radius 2 is 1.46 bits per heavy atom. The number of aryl methyl sites for hydroxylation is 2. The third kappa shape index (κ3) is 4.98. The second kappa shape index (κ2) is 8.86. The van der Waals surface area contributed by atoms with Crippen molar-refractivity contribution in [2.24, 2.45) is 0 Å². The van der Waals surface area contributed by atoms with E-state index in [4.69, 9.17) is 0 Å². The predicted molar refractivity (Wildman–Crippen MR) is 114 cm³/mol. The van der Waals surface area contributed by atoms with Crippen molar-refractivity contribution < 1.29 is 9.59 Å². The Bertz CT molecular complexity index is 967. The van der Waals surface area contributed by atoms with E-state index in [0.717, 1.165) is 12.0 Å². The first-order chi connectivity index (χ1) is 13.5. The van der Waals surface area contributed by atoms with Crippen LogP contribution in [0.2, 0.25) is 0 Å². The molecule has 0 unspecified atom stereocenters. The summed E-state index contributed by atoms with van der Waals surface area (Å²) in [6.45, 7) is 3.98. The van der Waals surface area contributed by atoms with Crippen LogP contribution < -0.4 is 16.0 Å². The zero-order valence-corrected chi connectivity index (χ0v) is 16.0. The van der Waals surface area contributed by atoms with Crippen LogP contribution in [0.3, 0.4) is 0 Å². The molecule has 142 valence electrons. The van der Waals surface area contributed by atoms with Crippen molar-refractivity contribution in [2.45, 2.75) is 20.3 Å². The van der Waals surface area contributed by atoms with E-state index < -0.39 is 0 Å². The number of amides is 3. The van der Waals surface area contributed by atoms with Gasteiger partial charge < -0.3 is 16.0 Å². The molecule has 0 spiro atoms. The van der Waals surface area contributed by atoms with Gasteiger partial charge in [0.15, 0.2) is 0 Å². The lowest BCUT2D eigenvalue weighted by Crippen LogP contribution is -2.19. The van der Waals surface area contributed by atoms with Crippen molar-refractivity contribution in [1.82, 2.24) is 0 Å². The van der Waals surface area contributed by atoms with Crippen LogP contribution in [0.4, 0.5) is 21.9 Å². The summed E-state index contributed by atoms with van der Waals surface area (Å²) in [5.41, 5.74) is 4.64. The summed E-state index contributed by atoms with van der Waals surface area (Å²) in [7, 11) is 0. The molecule has 3 rings (SSSR count). The number of para-hydroxylation sites is 1. The molecular formula is C23H23N3O2. The van der Waals surface area contributed by atoms with Crippen molar-refractivity contribution in [2.75, 3.05) is 16.0 Å². The van der Waals surface area contributed by atoms with Gasteiger partial charge in [0, 0.05) is 22.6 Å². The first kappa shape index (κ1) is 19.2. The molecule has 5 nitrogen and oxygen atoms in total. The first-order valence-corrected chi connectivity index (χ1v) is 9.19. The number of anilines is 3. The molecule has 0 heterocycles. The highest BCUT2D eigenvalue weighted by Gasteiger charge is 2.10. The fourth-order valence-electron chi connectivity index (χ4n) is 2.74. The van der Waals surface area contributed by atoms with Crippen LogP contribution in [0.15, 0.2) is 72.8 Å². The molecule has 0 atom stereocenters. The summed E-state index contributed by atoms with van der Waals surface area (Å²) in [5.74, 6) is -0.184. The maximum Gasteiger partial charge on any atom is 0.323 e. The largest absolute Gasteiger partial charge is 0.323 e. The van der Waals surface area contributed by atoms with E-state index in [0.29, 0.717) is 22.6 Å². The second-order valence-corrected chi connectivity index (χ2v) is 6.48. The molecule has 3 aromatic carbocycles. The maximum absolute atomic E-state index is 12.5. The van der Waals surface area contributed by atoms with E-state index in [9.17, 15) is 9.59 Å². The summed E-state index contributed by atoms with van der Waals surface area (Å²) < 4.78 is 0. The molecule has 0 fully saturated rings. The Hall–Kier alpha value is -3.60. The van der Waals surface area contributed by atoms with Gasteiger partial charge in [0.1, 0.15) is 0 Å². The highest BCUT2D eigenvalue weighted by molar-refractivity contribution is 6.05. The minimum atomic E-state index is -0.345. The number of carbonyl (C=O) groups is 2. The minimum Gasteiger partial charge on any atom is -0.322 e. The Kier molecular flexibility index (Phi) is 6.07. The zero-order chi connectivity index (χ0) is 19.9. The molecule has 3 amide bonds. The zero-order valence-electron chi connectivity index (χ0n) is 16.0. The number of carbonyl (C=O) groups excluding carboxylic acids is 2. The van der Waals surface area contributed by atoms with E-state index in [1.165, 1.54) is 5.56 Å². The summed E-state index contributed by atoms with van der Waals surface area (Å²) in [6.07, 6.45) is 0.930. The SMILES string of the molecule is CCc1ccc(C(=O)Nc2cc(NC(=O)Nc3ccccc3)ccc2C)cc1. The van der Waals surface area contributed by atoms with Crippen molar-refractivity contribution in [3.8, 4) is 0 Å². The predicted octanol–water partition coefficient (Wildman–Crippen LogP) is 5.45. The maximum atomic E-state index is 12.5. The molecule has 5 heteroatoms. The Morgan fingerprint density at radius 1 is 0.786 bits per heavy atom. The van der Waals surface area contributed by atoms with Gasteiger partial charge in [-0.15, -0.1) is 0 Å². The topological polar surface area (TPSA) is 70.2 Å². The fraction of sp³-hybridized carbons (Fsp3) is 0.130. The standard InChI is InChI=1S/C23H23N3O2/c1-3-17-10-12-18(13-11-17)22(27)26-21-15-20(14-9-16(21)2)25-23(28)24-19-7-5-4-6-8-19/h4-15H,3H2,1-2H3,(H,26,27)(H2,24,25,28). The van der Waals surface area contributed by atoms with Gasteiger partial charge >= 0.3 is 6.03 Å².